The maximum atomic E-state index is 5.77. The van der Waals surface area contributed by atoms with Crippen LogP contribution >= 0.6 is 0 Å². The first-order chi connectivity index (χ1) is 9.13. The molecule has 1 rings (SSSR count). The number of nitrogens with one attached hydrogen (secondary N) is 1. The molecule has 0 fully saturated rings. The predicted octanol–water partition coefficient (Wildman–Crippen LogP) is 3.35. The molecule has 0 bridgehead atoms. The molecule has 3 nitrogen and oxygen atoms in total. The van der Waals surface area contributed by atoms with E-state index in [0.29, 0.717) is 11.8 Å². The van der Waals surface area contributed by atoms with Crippen LogP contribution < -0.4 is 14.8 Å². The summed E-state index contributed by atoms with van der Waals surface area (Å²) in [6, 6.07) is 7.78. The quantitative estimate of drug-likeness (QED) is 0.743. The van der Waals surface area contributed by atoms with Gasteiger partial charge in [-0.15, -0.1) is 0 Å². The molecule has 0 aromatic heterocycles. The molecule has 108 valence electrons. The summed E-state index contributed by atoms with van der Waals surface area (Å²) in [5, 5.41) is 3.48. The Kier molecular flexibility index (Phi) is 7.34. The Balaban J connectivity index is 2.22. The van der Waals surface area contributed by atoms with Crippen LogP contribution in [0.5, 0.6) is 11.5 Å². The van der Waals surface area contributed by atoms with Crippen molar-refractivity contribution >= 4 is 0 Å². The third-order valence-corrected chi connectivity index (χ3v) is 2.98. The number of methoxy groups -OCH3 is 1. The van der Waals surface area contributed by atoms with Crippen LogP contribution in [0.3, 0.4) is 0 Å². The maximum Gasteiger partial charge on any atom is 0.161 e. The van der Waals surface area contributed by atoms with Gasteiger partial charge in [0, 0.05) is 0 Å². The monoisotopic (exact) mass is 265 g/mol. The second kappa shape index (κ2) is 8.81. The summed E-state index contributed by atoms with van der Waals surface area (Å²) >= 11 is 0. The first kappa shape index (κ1) is 15.8. The smallest absolute Gasteiger partial charge is 0.161 e. The van der Waals surface area contributed by atoms with Crippen molar-refractivity contribution in [2.24, 2.45) is 11.8 Å². The van der Waals surface area contributed by atoms with Crippen molar-refractivity contribution in [1.29, 1.82) is 0 Å². The molecule has 0 saturated carbocycles. The minimum absolute atomic E-state index is 0.619. The molecule has 0 aliphatic heterocycles. The van der Waals surface area contributed by atoms with Crippen LogP contribution in [0.2, 0.25) is 0 Å². The van der Waals surface area contributed by atoms with E-state index in [-0.39, 0.29) is 0 Å². The molecule has 19 heavy (non-hydrogen) atoms. The zero-order valence-electron chi connectivity index (χ0n) is 12.6. The van der Waals surface area contributed by atoms with Gasteiger partial charge in [0.1, 0.15) is 0 Å². The summed E-state index contributed by atoms with van der Waals surface area (Å²) in [6.45, 7) is 9.56. The third-order valence-electron chi connectivity index (χ3n) is 2.98. The van der Waals surface area contributed by atoms with Gasteiger partial charge in [0.25, 0.3) is 0 Å². The fourth-order valence-electron chi connectivity index (χ4n) is 1.83. The Morgan fingerprint density at radius 3 is 2.37 bits per heavy atom. The summed E-state index contributed by atoms with van der Waals surface area (Å²) in [4.78, 5) is 0. The molecule has 3 heteroatoms. The lowest BCUT2D eigenvalue weighted by Crippen LogP contribution is -2.26. The van der Waals surface area contributed by atoms with Crippen molar-refractivity contribution in [3.8, 4) is 11.5 Å². The molecule has 1 aromatic carbocycles. The fraction of sp³-hybridized carbons (Fsp3) is 0.625. The SMILES string of the molecule is COc1ccccc1OCCC(C)CNCC(C)C. The average Bonchev–Trinajstić information content (AvgIpc) is 2.39. The summed E-state index contributed by atoms with van der Waals surface area (Å²) in [5.74, 6) is 2.95. The Bertz CT molecular complexity index is 352. The van der Waals surface area contributed by atoms with Gasteiger partial charge in [-0.3, -0.25) is 0 Å². The van der Waals surface area contributed by atoms with E-state index in [0.717, 1.165) is 37.6 Å². The molecule has 1 N–H and O–H groups in total. The second-order valence-corrected chi connectivity index (χ2v) is 5.45. The predicted molar refractivity (Wildman–Crippen MR) is 80.0 cm³/mol. The van der Waals surface area contributed by atoms with E-state index in [1.165, 1.54) is 0 Å². The maximum absolute atomic E-state index is 5.77. The molecule has 0 spiro atoms. The van der Waals surface area contributed by atoms with Gasteiger partial charge >= 0.3 is 0 Å². The zero-order chi connectivity index (χ0) is 14.1. The van der Waals surface area contributed by atoms with Crippen LogP contribution in [0, 0.1) is 11.8 Å². The van der Waals surface area contributed by atoms with Gasteiger partial charge < -0.3 is 14.8 Å². The van der Waals surface area contributed by atoms with Gasteiger partial charge in [-0.2, -0.15) is 0 Å². The van der Waals surface area contributed by atoms with Crippen molar-refractivity contribution in [3.63, 3.8) is 0 Å². The van der Waals surface area contributed by atoms with Gasteiger partial charge in [0.05, 0.1) is 13.7 Å². The molecule has 1 atom stereocenters. The molecule has 1 unspecified atom stereocenters. The highest BCUT2D eigenvalue weighted by atomic mass is 16.5. The lowest BCUT2D eigenvalue weighted by atomic mass is 10.1. The molecular weight excluding hydrogens is 238 g/mol. The number of benzene rings is 1. The van der Waals surface area contributed by atoms with Crippen molar-refractivity contribution in [2.75, 3.05) is 26.8 Å². The first-order valence-corrected chi connectivity index (χ1v) is 7.10. The average molecular weight is 265 g/mol. The number of hydrogen-bond acceptors (Lipinski definition) is 3. The highest BCUT2D eigenvalue weighted by molar-refractivity contribution is 5.39. The highest BCUT2D eigenvalue weighted by Crippen LogP contribution is 2.25. The van der Waals surface area contributed by atoms with Crippen LogP contribution in [0.15, 0.2) is 24.3 Å². The molecule has 1 aromatic rings. The van der Waals surface area contributed by atoms with Crippen LogP contribution in [-0.2, 0) is 0 Å². The minimum Gasteiger partial charge on any atom is -0.493 e. The van der Waals surface area contributed by atoms with E-state index in [1.807, 2.05) is 24.3 Å². The Morgan fingerprint density at radius 2 is 1.74 bits per heavy atom. The summed E-state index contributed by atoms with van der Waals surface area (Å²) < 4.78 is 11.0. The first-order valence-electron chi connectivity index (χ1n) is 7.10. The molecule has 0 amide bonds. The van der Waals surface area contributed by atoms with Gasteiger partial charge in [0.2, 0.25) is 0 Å². The topological polar surface area (TPSA) is 30.5 Å². The van der Waals surface area contributed by atoms with E-state index in [2.05, 4.69) is 26.1 Å². The molecule has 0 aliphatic carbocycles. The van der Waals surface area contributed by atoms with Gasteiger partial charge in [-0.1, -0.05) is 32.9 Å². The van der Waals surface area contributed by atoms with Crippen molar-refractivity contribution in [2.45, 2.75) is 27.2 Å². The zero-order valence-corrected chi connectivity index (χ0v) is 12.6. The van der Waals surface area contributed by atoms with Crippen LogP contribution in [0.1, 0.15) is 27.2 Å². The summed E-state index contributed by atoms with van der Waals surface area (Å²) in [6.07, 6.45) is 1.04. The number of ether oxygens (including phenoxy) is 2. The molecule has 0 heterocycles. The fourth-order valence-corrected chi connectivity index (χ4v) is 1.83. The molecular formula is C16H27NO2. The largest absolute Gasteiger partial charge is 0.493 e. The van der Waals surface area contributed by atoms with Gasteiger partial charge in [-0.05, 0) is 43.5 Å². The molecule has 0 radical (unpaired) electrons. The molecule has 0 saturated heterocycles. The number of para-hydroxylation sites is 2. The van der Waals surface area contributed by atoms with Crippen LogP contribution in [0.25, 0.3) is 0 Å². The lowest BCUT2D eigenvalue weighted by molar-refractivity contribution is 0.265. The Hall–Kier alpha value is -1.22. The normalized spacial score (nSPS) is 12.5. The van der Waals surface area contributed by atoms with Crippen LogP contribution in [0.4, 0.5) is 0 Å². The van der Waals surface area contributed by atoms with Crippen molar-refractivity contribution < 1.29 is 9.47 Å². The third kappa shape index (κ3) is 6.48. The van der Waals surface area contributed by atoms with E-state index in [4.69, 9.17) is 9.47 Å². The van der Waals surface area contributed by atoms with E-state index < -0.39 is 0 Å². The van der Waals surface area contributed by atoms with Crippen molar-refractivity contribution in [1.82, 2.24) is 5.32 Å². The minimum atomic E-state index is 0.619. The Labute approximate surface area is 117 Å². The van der Waals surface area contributed by atoms with E-state index in [9.17, 15) is 0 Å². The summed E-state index contributed by atoms with van der Waals surface area (Å²) in [7, 11) is 1.67. The van der Waals surface area contributed by atoms with Gasteiger partial charge in [-0.25, -0.2) is 0 Å². The number of hydrogen-bond donors (Lipinski definition) is 1. The van der Waals surface area contributed by atoms with Gasteiger partial charge in [0.15, 0.2) is 11.5 Å². The second-order valence-electron chi connectivity index (χ2n) is 5.45. The highest BCUT2D eigenvalue weighted by Gasteiger charge is 2.05. The lowest BCUT2D eigenvalue weighted by Gasteiger charge is -2.15. The van der Waals surface area contributed by atoms with E-state index in [1.54, 1.807) is 7.11 Å². The van der Waals surface area contributed by atoms with Crippen molar-refractivity contribution in [3.05, 3.63) is 24.3 Å². The summed E-state index contributed by atoms with van der Waals surface area (Å²) in [5.41, 5.74) is 0. The number of rotatable bonds is 9. The van der Waals surface area contributed by atoms with E-state index >= 15 is 0 Å². The standard InChI is InChI=1S/C16H27NO2/c1-13(2)11-17-12-14(3)9-10-19-16-8-6-5-7-15(16)18-4/h5-8,13-14,17H,9-12H2,1-4H3. The molecule has 0 aliphatic rings. The van der Waals surface area contributed by atoms with Crippen LogP contribution in [-0.4, -0.2) is 26.8 Å². The Morgan fingerprint density at radius 1 is 1.05 bits per heavy atom.